The molecule has 0 saturated heterocycles. The minimum atomic E-state index is 0.537. The number of methoxy groups -OCH3 is 2. The van der Waals surface area contributed by atoms with Gasteiger partial charge < -0.3 is 19.8 Å². The fourth-order valence-electron chi connectivity index (χ4n) is 1.91. The van der Waals surface area contributed by atoms with Crippen LogP contribution in [0, 0.1) is 0 Å². The lowest BCUT2D eigenvalue weighted by molar-refractivity contribution is 0.359. The SMILES string of the molecule is COc1ncnc(OC)c1CNCCCc1ncc[nH]1. The first-order chi connectivity index (χ1) is 9.85. The molecule has 2 rings (SSSR count). The number of H-pyrrole nitrogens is 1. The van der Waals surface area contributed by atoms with Gasteiger partial charge in [-0.05, 0) is 13.0 Å². The fourth-order valence-corrected chi connectivity index (χ4v) is 1.91. The Kier molecular flexibility index (Phi) is 5.31. The summed E-state index contributed by atoms with van der Waals surface area (Å²) in [5, 5.41) is 3.33. The maximum Gasteiger partial charge on any atom is 0.224 e. The minimum Gasteiger partial charge on any atom is -0.481 e. The van der Waals surface area contributed by atoms with Crippen molar-refractivity contribution in [2.45, 2.75) is 19.4 Å². The highest BCUT2D eigenvalue weighted by Crippen LogP contribution is 2.22. The van der Waals surface area contributed by atoms with E-state index in [2.05, 4.69) is 25.3 Å². The Morgan fingerprint density at radius 2 is 1.90 bits per heavy atom. The van der Waals surface area contributed by atoms with Gasteiger partial charge >= 0.3 is 0 Å². The lowest BCUT2D eigenvalue weighted by atomic mass is 10.2. The Hall–Kier alpha value is -2.15. The Balaban J connectivity index is 1.81. The summed E-state index contributed by atoms with van der Waals surface area (Å²) in [4.78, 5) is 15.4. The second kappa shape index (κ2) is 7.44. The first-order valence-electron chi connectivity index (χ1n) is 6.46. The van der Waals surface area contributed by atoms with Crippen LogP contribution in [-0.2, 0) is 13.0 Å². The molecule has 0 aliphatic rings. The maximum atomic E-state index is 5.22. The molecule has 7 nitrogen and oxygen atoms in total. The first kappa shape index (κ1) is 14.3. The molecular formula is C13H19N5O2. The van der Waals surface area contributed by atoms with Crippen molar-refractivity contribution < 1.29 is 9.47 Å². The second-order valence-electron chi connectivity index (χ2n) is 4.19. The molecule has 2 aromatic heterocycles. The van der Waals surface area contributed by atoms with Gasteiger partial charge in [0.25, 0.3) is 0 Å². The van der Waals surface area contributed by atoms with Crippen molar-refractivity contribution in [1.29, 1.82) is 0 Å². The molecule has 108 valence electrons. The third-order valence-electron chi connectivity index (χ3n) is 2.88. The normalized spacial score (nSPS) is 10.5. The molecule has 0 fully saturated rings. The number of aromatic amines is 1. The highest BCUT2D eigenvalue weighted by Gasteiger charge is 2.11. The van der Waals surface area contributed by atoms with Gasteiger partial charge in [-0.1, -0.05) is 0 Å². The lowest BCUT2D eigenvalue weighted by Gasteiger charge is -2.11. The Labute approximate surface area is 117 Å². The Morgan fingerprint density at radius 3 is 2.50 bits per heavy atom. The number of aryl methyl sites for hydroxylation is 1. The van der Waals surface area contributed by atoms with Crippen LogP contribution in [0.2, 0.25) is 0 Å². The van der Waals surface area contributed by atoms with Crippen LogP contribution in [0.1, 0.15) is 17.8 Å². The average molecular weight is 277 g/mol. The third-order valence-corrected chi connectivity index (χ3v) is 2.88. The quantitative estimate of drug-likeness (QED) is 0.698. The minimum absolute atomic E-state index is 0.537. The number of hydrogen-bond acceptors (Lipinski definition) is 6. The van der Waals surface area contributed by atoms with Gasteiger partial charge in [0.15, 0.2) is 0 Å². The van der Waals surface area contributed by atoms with Crippen LogP contribution in [0.3, 0.4) is 0 Å². The number of nitrogens with zero attached hydrogens (tertiary/aromatic N) is 3. The molecule has 2 heterocycles. The van der Waals surface area contributed by atoms with E-state index in [1.807, 2.05) is 6.20 Å². The van der Waals surface area contributed by atoms with Crippen LogP contribution in [0.25, 0.3) is 0 Å². The van der Waals surface area contributed by atoms with E-state index >= 15 is 0 Å². The topological polar surface area (TPSA) is 85.0 Å². The molecule has 2 aromatic rings. The molecule has 0 aromatic carbocycles. The van der Waals surface area contributed by atoms with E-state index in [4.69, 9.17) is 9.47 Å². The zero-order chi connectivity index (χ0) is 14.2. The summed E-state index contributed by atoms with van der Waals surface area (Å²) in [5.41, 5.74) is 0.829. The van der Waals surface area contributed by atoms with Crippen LogP contribution < -0.4 is 14.8 Å². The van der Waals surface area contributed by atoms with Gasteiger partial charge in [0.1, 0.15) is 12.2 Å². The summed E-state index contributed by atoms with van der Waals surface area (Å²) >= 11 is 0. The molecule has 0 spiro atoms. The summed E-state index contributed by atoms with van der Waals surface area (Å²) in [6.45, 7) is 1.47. The molecule has 0 unspecified atom stereocenters. The largest absolute Gasteiger partial charge is 0.481 e. The number of aromatic nitrogens is 4. The summed E-state index contributed by atoms with van der Waals surface area (Å²) < 4.78 is 10.4. The van der Waals surface area contributed by atoms with Crippen LogP contribution in [0.5, 0.6) is 11.8 Å². The Morgan fingerprint density at radius 1 is 1.15 bits per heavy atom. The molecule has 7 heteroatoms. The lowest BCUT2D eigenvalue weighted by Crippen LogP contribution is -2.17. The number of nitrogens with one attached hydrogen (secondary N) is 2. The predicted molar refractivity (Wildman–Crippen MR) is 73.8 cm³/mol. The van der Waals surface area contributed by atoms with E-state index < -0.39 is 0 Å². The number of hydrogen-bond donors (Lipinski definition) is 2. The molecule has 0 saturated carbocycles. The summed E-state index contributed by atoms with van der Waals surface area (Å²) in [5.74, 6) is 2.08. The molecular weight excluding hydrogens is 258 g/mol. The monoisotopic (exact) mass is 277 g/mol. The molecule has 2 N–H and O–H groups in total. The zero-order valence-corrected chi connectivity index (χ0v) is 11.7. The fraction of sp³-hybridized carbons (Fsp3) is 0.462. The van der Waals surface area contributed by atoms with Crippen molar-refractivity contribution in [3.8, 4) is 11.8 Å². The van der Waals surface area contributed by atoms with Gasteiger partial charge in [0.05, 0.1) is 19.8 Å². The summed E-state index contributed by atoms with van der Waals surface area (Å²) in [6.07, 6.45) is 6.93. The Bertz CT molecular complexity index is 493. The van der Waals surface area contributed by atoms with Crippen molar-refractivity contribution in [2.75, 3.05) is 20.8 Å². The standard InChI is InChI=1S/C13H19N5O2/c1-19-12-10(13(20-2)18-9-17-12)8-14-5-3-4-11-15-6-7-16-11/h6-7,9,14H,3-5,8H2,1-2H3,(H,15,16). The predicted octanol–water partition coefficient (Wildman–Crippen LogP) is 0.939. The number of rotatable bonds is 8. The van der Waals surface area contributed by atoms with E-state index in [1.54, 1.807) is 20.4 Å². The van der Waals surface area contributed by atoms with E-state index in [0.717, 1.165) is 30.8 Å². The molecule has 0 aliphatic carbocycles. The van der Waals surface area contributed by atoms with Crippen LogP contribution in [0.4, 0.5) is 0 Å². The number of ether oxygens (including phenoxy) is 2. The van der Waals surface area contributed by atoms with Crippen molar-refractivity contribution in [3.05, 3.63) is 30.1 Å². The summed E-state index contributed by atoms with van der Waals surface area (Å²) in [7, 11) is 3.17. The highest BCUT2D eigenvalue weighted by atomic mass is 16.5. The van der Waals surface area contributed by atoms with E-state index in [9.17, 15) is 0 Å². The van der Waals surface area contributed by atoms with Crippen LogP contribution in [-0.4, -0.2) is 40.7 Å². The average Bonchev–Trinajstić information content (AvgIpc) is 3.00. The third kappa shape index (κ3) is 3.67. The van der Waals surface area contributed by atoms with Crippen molar-refractivity contribution in [1.82, 2.24) is 25.3 Å². The first-order valence-corrected chi connectivity index (χ1v) is 6.46. The van der Waals surface area contributed by atoms with Crippen LogP contribution >= 0.6 is 0 Å². The molecule has 0 amide bonds. The van der Waals surface area contributed by atoms with Gasteiger partial charge in [0, 0.05) is 25.4 Å². The van der Waals surface area contributed by atoms with E-state index in [1.165, 1.54) is 6.33 Å². The van der Waals surface area contributed by atoms with Crippen molar-refractivity contribution >= 4 is 0 Å². The van der Waals surface area contributed by atoms with Crippen molar-refractivity contribution in [3.63, 3.8) is 0 Å². The smallest absolute Gasteiger partial charge is 0.224 e. The number of imidazole rings is 1. The van der Waals surface area contributed by atoms with E-state index in [0.29, 0.717) is 18.3 Å². The highest BCUT2D eigenvalue weighted by molar-refractivity contribution is 5.34. The van der Waals surface area contributed by atoms with Gasteiger partial charge in [-0.3, -0.25) is 0 Å². The second-order valence-corrected chi connectivity index (χ2v) is 4.19. The molecule has 0 aliphatic heterocycles. The van der Waals surface area contributed by atoms with Crippen LogP contribution in [0.15, 0.2) is 18.7 Å². The molecule has 20 heavy (non-hydrogen) atoms. The van der Waals surface area contributed by atoms with Gasteiger partial charge in [0.2, 0.25) is 11.8 Å². The van der Waals surface area contributed by atoms with Gasteiger partial charge in [-0.15, -0.1) is 0 Å². The van der Waals surface area contributed by atoms with Gasteiger partial charge in [-0.25, -0.2) is 15.0 Å². The van der Waals surface area contributed by atoms with Gasteiger partial charge in [-0.2, -0.15) is 0 Å². The molecule has 0 atom stereocenters. The summed E-state index contributed by atoms with van der Waals surface area (Å²) in [6, 6.07) is 0. The molecule has 0 bridgehead atoms. The molecule has 0 radical (unpaired) electrons. The zero-order valence-electron chi connectivity index (χ0n) is 11.7. The van der Waals surface area contributed by atoms with E-state index in [-0.39, 0.29) is 0 Å². The van der Waals surface area contributed by atoms with Crippen molar-refractivity contribution in [2.24, 2.45) is 0 Å². The maximum absolute atomic E-state index is 5.22.